The van der Waals surface area contributed by atoms with Gasteiger partial charge >= 0.3 is 0 Å². The molecule has 4 rings (SSSR count). The number of thiophene rings is 1. The van der Waals surface area contributed by atoms with Crippen LogP contribution in [0.1, 0.15) is 45.4 Å². The number of aromatic nitrogens is 1. The minimum absolute atomic E-state index is 0.0164. The Hall–Kier alpha value is -2.31. The molecule has 0 aromatic carbocycles. The summed E-state index contributed by atoms with van der Waals surface area (Å²) >= 11 is 7.09. The molecular formula is C21H21N2O2S2+. The van der Waals surface area contributed by atoms with E-state index in [4.69, 9.17) is 16.6 Å². The molecule has 6 heteroatoms. The molecule has 1 aliphatic carbocycles. The van der Waals surface area contributed by atoms with Gasteiger partial charge in [-0.25, -0.2) is 0 Å². The smallest absolute Gasteiger partial charge is 0.271 e. The third-order valence-electron chi connectivity index (χ3n) is 4.88. The van der Waals surface area contributed by atoms with Crippen molar-refractivity contribution < 1.29 is 13.8 Å². The van der Waals surface area contributed by atoms with Crippen LogP contribution >= 0.6 is 23.6 Å². The van der Waals surface area contributed by atoms with E-state index in [1.807, 2.05) is 40.4 Å². The molecule has 0 aliphatic heterocycles. The number of nitrogens with one attached hydrogen (secondary N) is 1. The Morgan fingerprint density at radius 3 is 2.81 bits per heavy atom. The Morgan fingerprint density at radius 2 is 2.07 bits per heavy atom. The van der Waals surface area contributed by atoms with Crippen molar-refractivity contribution in [1.82, 2.24) is 5.32 Å². The highest BCUT2D eigenvalue weighted by molar-refractivity contribution is 7.80. The lowest BCUT2D eigenvalue weighted by atomic mass is 9.93. The molecule has 1 N–H and O–H groups in total. The van der Waals surface area contributed by atoms with Gasteiger partial charge in [-0.3, -0.25) is 4.79 Å². The number of furan rings is 1. The van der Waals surface area contributed by atoms with Crippen molar-refractivity contribution in [3.8, 4) is 0 Å². The number of fused-ring (bicyclic) bond motifs is 1. The highest BCUT2D eigenvalue weighted by atomic mass is 32.1. The van der Waals surface area contributed by atoms with Crippen LogP contribution in [-0.4, -0.2) is 10.8 Å². The van der Waals surface area contributed by atoms with E-state index in [2.05, 4.69) is 17.6 Å². The quantitative estimate of drug-likeness (QED) is 0.387. The largest absolute Gasteiger partial charge is 0.467 e. The average molecular weight is 398 g/mol. The van der Waals surface area contributed by atoms with Crippen LogP contribution in [0.5, 0.6) is 0 Å². The predicted octanol–water partition coefficient (Wildman–Crippen LogP) is 4.05. The first-order valence-corrected chi connectivity index (χ1v) is 10.4. The zero-order chi connectivity index (χ0) is 18.6. The molecule has 0 spiro atoms. The number of pyridine rings is 1. The summed E-state index contributed by atoms with van der Waals surface area (Å²) in [7, 11) is 0. The van der Waals surface area contributed by atoms with E-state index >= 15 is 0 Å². The average Bonchev–Trinajstić information content (AvgIpc) is 3.40. The standard InChI is InChI=1S/C21H20N2O2S2/c24-20(18-8-4-12-27-18)19(21(26)22-13-17-7-3-11-25-17)23-10-9-15-5-1-2-6-16(15)14-23/h3-4,7-12,14,19H,1-2,5-6,13H2/p+1. The summed E-state index contributed by atoms with van der Waals surface area (Å²) in [5.74, 6) is 0.804. The number of carbonyl (C=O) groups excluding carboxylic acids is 1. The molecule has 0 bridgehead atoms. The molecule has 0 radical (unpaired) electrons. The SMILES string of the molecule is O=C(c1cccs1)C(C(=S)NCc1ccco1)[n+]1ccc2c(c1)CCCC2. The molecule has 1 aliphatic rings. The van der Waals surface area contributed by atoms with Crippen molar-refractivity contribution in [2.75, 3.05) is 0 Å². The van der Waals surface area contributed by atoms with Crippen molar-refractivity contribution in [3.63, 3.8) is 0 Å². The van der Waals surface area contributed by atoms with E-state index in [0.717, 1.165) is 18.6 Å². The number of ketones is 1. The van der Waals surface area contributed by atoms with Gasteiger partial charge in [-0.2, -0.15) is 4.57 Å². The van der Waals surface area contributed by atoms with E-state index in [9.17, 15) is 4.79 Å². The molecule has 3 aromatic heterocycles. The van der Waals surface area contributed by atoms with Crippen LogP contribution in [0, 0.1) is 0 Å². The van der Waals surface area contributed by atoms with Gasteiger partial charge in [0.05, 0.1) is 17.7 Å². The molecular weight excluding hydrogens is 376 g/mol. The fraction of sp³-hybridized carbons (Fsp3) is 0.286. The van der Waals surface area contributed by atoms with Crippen molar-refractivity contribution in [2.24, 2.45) is 0 Å². The third kappa shape index (κ3) is 4.01. The van der Waals surface area contributed by atoms with E-state index in [0.29, 0.717) is 16.4 Å². The Labute approximate surface area is 167 Å². The number of hydrogen-bond donors (Lipinski definition) is 1. The molecule has 4 nitrogen and oxygen atoms in total. The zero-order valence-corrected chi connectivity index (χ0v) is 16.5. The molecule has 0 saturated heterocycles. The Balaban J connectivity index is 1.63. The third-order valence-corrected chi connectivity index (χ3v) is 6.14. The van der Waals surface area contributed by atoms with Crippen LogP contribution in [0.3, 0.4) is 0 Å². The lowest BCUT2D eigenvalue weighted by Gasteiger charge is -2.17. The Bertz CT molecular complexity index is 933. The van der Waals surface area contributed by atoms with E-state index < -0.39 is 6.04 Å². The lowest BCUT2D eigenvalue weighted by molar-refractivity contribution is -0.692. The van der Waals surface area contributed by atoms with Gasteiger partial charge in [0.2, 0.25) is 5.78 Å². The number of rotatable bonds is 6. The van der Waals surface area contributed by atoms with Crippen molar-refractivity contribution >= 4 is 34.3 Å². The number of Topliss-reactive ketones (excluding diaryl/α,β-unsaturated/α-hetero) is 1. The molecule has 0 fully saturated rings. The van der Waals surface area contributed by atoms with Crippen molar-refractivity contribution in [1.29, 1.82) is 0 Å². The van der Waals surface area contributed by atoms with Gasteiger partial charge in [0, 0.05) is 11.6 Å². The normalized spacial score (nSPS) is 14.4. The fourth-order valence-electron chi connectivity index (χ4n) is 3.48. The summed E-state index contributed by atoms with van der Waals surface area (Å²) < 4.78 is 7.33. The van der Waals surface area contributed by atoms with Crippen LogP contribution < -0.4 is 9.88 Å². The Morgan fingerprint density at radius 1 is 1.22 bits per heavy atom. The second-order valence-electron chi connectivity index (χ2n) is 6.69. The van der Waals surface area contributed by atoms with Crippen LogP contribution in [0.4, 0.5) is 0 Å². The minimum Gasteiger partial charge on any atom is -0.467 e. The van der Waals surface area contributed by atoms with Gasteiger partial charge in [-0.05, 0) is 54.8 Å². The van der Waals surface area contributed by atoms with Gasteiger partial charge in [-0.15, -0.1) is 11.3 Å². The first kappa shape index (κ1) is 18.1. The van der Waals surface area contributed by atoms with Gasteiger partial charge < -0.3 is 9.73 Å². The summed E-state index contributed by atoms with van der Waals surface area (Å²) in [5, 5.41) is 5.13. The topological polar surface area (TPSA) is 46.1 Å². The molecule has 138 valence electrons. The maximum absolute atomic E-state index is 13.2. The van der Waals surface area contributed by atoms with Crippen LogP contribution in [0.2, 0.25) is 0 Å². The van der Waals surface area contributed by atoms with E-state index in [-0.39, 0.29) is 5.78 Å². The number of nitrogens with zero attached hydrogens (tertiary/aromatic N) is 1. The van der Waals surface area contributed by atoms with Gasteiger partial charge in [-0.1, -0.05) is 18.3 Å². The summed E-state index contributed by atoms with van der Waals surface area (Å²) in [5.41, 5.74) is 2.70. The number of thiocarbonyl (C=S) groups is 1. The first-order chi connectivity index (χ1) is 13.2. The number of hydrogen-bond acceptors (Lipinski definition) is 4. The van der Waals surface area contributed by atoms with Gasteiger partial charge in [0.25, 0.3) is 6.04 Å². The number of aryl methyl sites for hydroxylation is 2. The zero-order valence-electron chi connectivity index (χ0n) is 14.9. The molecule has 0 saturated carbocycles. The van der Waals surface area contributed by atoms with Gasteiger partial charge in [0.15, 0.2) is 17.4 Å². The minimum atomic E-state index is -0.555. The highest BCUT2D eigenvalue weighted by Crippen LogP contribution is 2.21. The van der Waals surface area contributed by atoms with Crippen LogP contribution in [-0.2, 0) is 19.4 Å². The van der Waals surface area contributed by atoms with Crippen molar-refractivity contribution in [3.05, 3.63) is 76.1 Å². The second kappa shape index (κ2) is 8.15. The number of carbonyl (C=O) groups is 1. The molecule has 0 amide bonds. The van der Waals surface area contributed by atoms with Crippen LogP contribution in [0.15, 0.2) is 58.8 Å². The molecule has 1 unspecified atom stereocenters. The van der Waals surface area contributed by atoms with E-state index in [1.54, 1.807) is 6.26 Å². The summed E-state index contributed by atoms with van der Waals surface area (Å²) in [6.07, 6.45) is 10.3. The molecule has 3 aromatic rings. The fourth-order valence-corrected chi connectivity index (χ4v) is 4.47. The van der Waals surface area contributed by atoms with Crippen molar-refractivity contribution in [2.45, 2.75) is 38.3 Å². The summed E-state index contributed by atoms with van der Waals surface area (Å²) in [6.45, 7) is 0.464. The lowest BCUT2D eigenvalue weighted by Crippen LogP contribution is -2.51. The highest BCUT2D eigenvalue weighted by Gasteiger charge is 2.34. The Kier molecular flexibility index (Phi) is 5.45. The predicted molar refractivity (Wildman–Crippen MR) is 109 cm³/mol. The maximum atomic E-state index is 13.2. The monoisotopic (exact) mass is 397 g/mol. The molecule has 27 heavy (non-hydrogen) atoms. The molecule has 3 heterocycles. The van der Waals surface area contributed by atoms with Gasteiger partial charge in [0.1, 0.15) is 5.76 Å². The summed E-state index contributed by atoms with van der Waals surface area (Å²) in [4.78, 5) is 14.4. The maximum Gasteiger partial charge on any atom is 0.271 e. The van der Waals surface area contributed by atoms with Crippen LogP contribution in [0.25, 0.3) is 0 Å². The molecule has 1 atom stereocenters. The second-order valence-corrected chi connectivity index (χ2v) is 8.08. The summed E-state index contributed by atoms with van der Waals surface area (Å²) in [6, 6.07) is 9.06. The van der Waals surface area contributed by atoms with E-state index in [1.165, 1.54) is 35.3 Å². The first-order valence-electron chi connectivity index (χ1n) is 9.13.